The first kappa shape index (κ1) is 18.3. The molecular formula is C12H16ClNO6. The Morgan fingerprint density at radius 3 is 2.55 bits per heavy atom. The van der Waals surface area contributed by atoms with Gasteiger partial charge in [0.05, 0.1) is 32.1 Å². The summed E-state index contributed by atoms with van der Waals surface area (Å²) in [7, 11) is 2.40. The fourth-order valence-corrected chi connectivity index (χ4v) is 1.38. The highest BCUT2D eigenvalue weighted by molar-refractivity contribution is 6.07. The van der Waals surface area contributed by atoms with Gasteiger partial charge >= 0.3 is 11.9 Å². The van der Waals surface area contributed by atoms with Crippen molar-refractivity contribution >= 4 is 30.1 Å². The van der Waals surface area contributed by atoms with Gasteiger partial charge in [-0.05, 0) is 18.2 Å². The number of hydrogen-bond donors (Lipinski definition) is 2. The van der Waals surface area contributed by atoms with Crippen molar-refractivity contribution in [3.63, 3.8) is 0 Å². The predicted molar refractivity (Wildman–Crippen MR) is 72.0 cm³/mol. The van der Waals surface area contributed by atoms with Gasteiger partial charge in [-0.1, -0.05) is 0 Å². The topological polar surface area (TPSA) is 106 Å². The summed E-state index contributed by atoms with van der Waals surface area (Å²) in [6, 6.07) is 0. The smallest absolute Gasteiger partial charge is 0.337 e. The Labute approximate surface area is 122 Å². The average Bonchev–Trinajstić information content (AvgIpc) is 2.43. The van der Waals surface area contributed by atoms with E-state index in [9.17, 15) is 14.7 Å². The zero-order chi connectivity index (χ0) is 14.4. The molecular weight excluding hydrogens is 290 g/mol. The van der Waals surface area contributed by atoms with Gasteiger partial charge in [-0.2, -0.15) is 0 Å². The van der Waals surface area contributed by atoms with E-state index in [1.165, 1.54) is 25.3 Å². The minimum Gasteiger partial charge on any atom is -0.467 e. The molecule has 8 heteroatoms. The van der Waals surface area contributed by atoms with Gasteiger partial charge in [-0.15, -0.1) is 12.4 Å². The lowest BCUT2D eigenvalue weighted by Crippen LogP contribution is -2.32. The second kappa shape index (κ2) is 8.47. The normalized spacial score (nSPS) is 18.6. The Balaban J connectivity index is 0.00000361. The van der Waals surface area contributed by atoms with Gasteiger partial charge in [0.2, 0.25) is 0 Å². The first-order valence-corrected chi connectivity index (χ1v) is 5.43. The molecule has 0 saturated heterocycles. The summed E-state index contributed by atoms with van der Waals surface area (Å²) < 4.78 is 14.0. The van der Waals surface area contributed by atoms with E-state index in [1.807, 2.05) is 0 Å². The van der Waals surface area contributed by atoms with Gasteiger partial charge in [-0.3, -0.25) is 0 Å². The number of carbonyl (C=O) groups excluding carboxylic acids is 2. The van der Waals surface area contributed by atoms with Crippen molar-refractivity contribution in [2.75, 3.05) is 20.8 Å². The minimum absolute atomic E-state index is 0. The van der Waals surface area contributed by atoms with E-state index in [1.54, 1.807) is 0 Å². The number of ether oxygens (including phenoxy) is 3. The molecule has 0 saturated carbocycles. The number of rotatable bonds is 5. The largest absolute Gasteiger partial charge is 0.467 e. The summed E-state index contributed by atoms with van der Waals surface area (Å²) >= 11 is 0. The molecule has 2 atom stereocenters. The van der Waals surface area contributed by atoms with E-state index in [2.05, 4.69) is 9.47 Å². The molecule has 1 aliphatic rings. The Morgan fingerprint density at radius 2 is 2.05 bits per heavy atom. The molecule has 0 heterocycles. The highest BCUT2D eigenvalue weighted by Crippen LogP contribution is 2.12. The van der Waals surface area contributed by atoms with Crippen LogP contribution in [0.25, 0.3) is 0 Å². The molecule has 0 aromatic heterocycles. The summed E-state index contributed by atoms with van der Waals surface area (Å²) in [5, 5.41) is 17.0. The van der Waals surface area contributed by atoms with Crippen LogP contribution in [0.15, 0.2) is 23.8 Å². The monoisotopic (exact) mass is 305 g/mol. The van der Waals surface area contributed by atoms with Crippen LogP contribution >= 0.6 is 12.4 Å². The van der Waals surface area contributed by atoms with Crippen molar-refractivity contribution in [1.82, 2.24) is 0 Å². The average molecular weight is 306 g/mol. The van der Waals surface area contributed by atoms with Crippen LogP contribution in [0.4, 0.5) is 0 Å². The summed E-state index contributed by atoms with van der Waals surface area (Å²) in [6.07, 6.45) is 2.10. The van der Waals surface area contributed by atoms with Crippen LogP contribution in [-0.4, -0.2) is 55.8 Å². The molecule has 0 aromatic carbocycles. The number of carbonyl (C=O) groups is 2. The predicted octanol–water partition coefficient (Wildman–Crippen LogP) is 0.0163. The Kier molecular flexibility index (Phi) is 7.75. The van der Waals surface area contributed by atoms with Crippen LogP contribution in [-0.2, 0) is 23.8 Å². The van der Waals surface area contributed by atoms with E-state index in [-0.39, 0.29) is 30.3 Å². The number of esters is 2. The summed E-state index contributed by atoms with van der Waals surface area (Å²) in [4.78, 5) is 22.2. The maximum atomic E-state index is 11.2. The zero-order valence-corrected chi connectivity index (χ0v) is 11.8. The second-order valence-electron chi connectivity index (χ2n) is 3.70. The first-order valence-electron chi connectivity index (χ1n) is 5.43. The molecule has 0 aliphatic heterocycles. The Hall–Kier alpha value is -1.70. The SMILES string of the molecule is COC(=O)C1=CC(=N)C(OC[C@@H](O)C(=O)OC)C=C1.Cl. The van der Waals surface area contributed by atoms with Crippen LogP contribution in [0, 0.1) is 5.41 Å². The number of hydrogen-bond acceptors (Lipinski definition) is 7. The van der Waals surface area contributed by atoms with Crippen molar-refractivity contribution in [3.8, 4) is 0 Å². The fraction of sp³-hybridized carbons (Fsp3) is 0.417. The van der Waals surface area contributed by atoms with Crippen molar-refractivity contribution in [3.05, 3.63) is 23.8 Å². The lowest BCUT2D eigenvalue weighted by atomic mass is 10.0. The van der Waals surface area contributed by atoms with Crippen LogP contribution in [0.5, 0.6) is 0 Å². The maximum Gasteiger partial charge on any atom is 0.337 e. The highest BCUT2D eigenvalue weighted by atomic mass is 35.5. The van der Waals surface area contributed by atoms with Crippen LogP contribution in [0.3, 0.4) is 0 Å². The van der Waals surface area contributed by atoms with Gasteiger partial charge < -0.3 is 24.7 Å². The maximum absolute atomic E-state index is 11.2. The summed E-state index contributed by atoms with van der Waals surface area (Å²) in [6.45, 7) is -0.300. The lowest BCUT2D eigenvalue weighted by Gasteiger charge is -2.18. The van der Waals surface area contributed by atoms with E-state index in [0.717, 1.165) is 7.11 Å². The number of methoxy groups -OCH3 is 2. The van der Waals surface area contributed by atoms with E-state index < -0.39 is 24.1 Å². The summed E-state index contributed by atoms with van der Waals surface area (Å²) in [5.74, 6) is -1.36. The van der Waals surface area contributed by atoms with Crippen LogP contribution in [0.2, 0.25) is 0 Å². The molecule has 1 rings (SSSR count). The minimum atomic E-state index is -1.41. The van der Waals surface area contributed by atoms with Crippen molar-refractivity contribution in [1.29, 1.82) is 5.41 Å². The van der Waals surface area contributed by atoms with Crippen LogP contribution in [0.1, 0.15) is 0 Å². The number of halogens is 1. The second-order valence-corrected chi connectivity index (χ2v) is 3.70. The number of aliphatic hydroxyl groups is 1. The lowest BCUT2D eigenvalue weighted by molar-refractivity contribution is -0.153. The highest BCUT2D eigenvalue weighted by Gasteiger charge is 2.22. The molecule has 112 valence electrons. The molecule has 7 nitrogen and oxygen atoms in total. The zero-order valence-electron chi connectivity index (χ0n) is 11.0. The standard InChI is InChI=1S/C12H15NO6.ClH/c1-17-11(15)7-3-4-10(8(13)5-7)19-6-9(14)12(16)18-2;/h3-5,9-10,13-14H,6H2,1-2H3;1H/t9-,10?;/m1./s1. The van der Waals surface area contributed by atoms with Crippen molar-refractivity contribution in [2.45, 2.75) is 12.2 Å². The molecule has 2 N–H and O–H groups in total. The van der Waals surface area contributed by atoms with E-state index >= 15 is 0 Å². The third-order valence-electron chi connectivity index (χ3n) is 2.40. The van der Waals surface area contributed by atoms with Gasteiger partial charge in [0, 0.05) is 0 Å². The Bertz CT molecular complexity index is 445. The third kappa shape index (κ3) is 4.76. The number of aliphatic hydroxyl groups excluding tert-OH is 1. The molecule has 0 bridgehead atoms. The Morgan fingerprint density at radius 1 is 1.40 bits per heavy atom. The molecule has 0 spiro atoms. The molecule has 20 heavy (non-hydrogen) atoms. The van der Waals surface area contributed by atoms with E-state index in [4.69, 9.17) is 10.1 Å². The molecule has 1 aliphatic carbocycles. The van der Waals surface area contributed by atoms with Crippen LogP contribution < -0.4 is 0 Å². The van der Waals surface area contributed by atoms with Gasteiger partial charge in [0.1, 0.15) is 6.10 Å². The molecule has 0 aromatic rings. The number of nitrogens with one attached hydrogen (secondary N) is 1. The first-order chi connectivity index (χ1) is 8.99. The fourth-order valence-electron chi connectivity index (χ4n) is 1.38. The van der Waals surface area contributed by atoms with Gasteiger partial charge in [-0.25, -0.2) is 9.59 Å². The summed E-state index contributed by atoms with van der Waals surface area (Å²) in [5.41, 5.74) is 0.265. The molecule has 0 radical (unpaired) electrons. The molecule has 0 fully saturated rings. The van der Waals surface area contributed by atoms with Gasteiger partial charge in [0.25, 0.3) is 0 Å². The van der Waals surface area contributed by atoms with Crippen molar-refractivity contribution < 1.29 is 28.9 Å². The molecule has 1 unspecified atom stereocenters. The quantitative estimate of drug-likeness (QED) is 0.693. The third-order valence-corrected chi connectivity index (χ3v) is 2.40. The van der Waals surface area contributed by atoms with E-state index in [0.29, 0.717) is 0 Å². The molecule has 0 amide bonds. The van der Waals surface area contributed by atoms with Gasteiger partial charge in [0.15, 0.2) is 6.10 Å². The van der Waals surface area contributed by atoms with Crippen molar-refractivity contribution in [2.24, 2.45) is 0 Å².